The Labute approximate surface area is 90.0 Å². The zero-order valence-corrected chi connectivity index (χ0v) is 9.73. The second-order valence-corrected chi connectivity index (χ2v) is 3.99. The molecule has 1 rings (SSSR count). The third-order valence-corrected chi connectivity index (χ3v) is 2.67. The van der Waals surface area contributed by atoms with Crippen molar-refractivity contribution in [1.29, 1.82) is 0 Å². The van der Waals surface area contributed by atoms with Crippen LogP contribution in [-0.4, -0.2) is 26.0 Å². The molecule has 1 N–H and O–H groups in total. The van der Waals surface area contributed by atoms with Gasteiger partial charge < -0.3 is 10.1 Å². The molecule has 0 fully saturated rings. The maximum absolute atomic E-state index is 5.79. The molecule has 0 saturated heterocycles. The average molecular weight is 211 g/mol. The minimum atomic E-state index is 0.202. The lowest BCUT2D eigenvalue weighted by Crippen LogP contribution is -2.26. The van der Waals surface area contributed by atoms with Crippen LogP contribution in [0.3, 0.4) is 0 Å². The van der Waals surface area contributed by atoms with Crippen LogP contribution in [0.5, 0.6) is 5.75 Å². The number of likely N-dealkylation sites (N-methyl/N-ethyl adjacent to an activating group) is 1. The number of hydrogen-bond acceptors (Lipinski definition) is 3. The monoisotopic (exact) mass is 211 g/mol. The van der Waals surface area contributed by atoms with Crippen LogP contribution in [0.2, 0.25) is 0 Å². The van der Waals surface area contributed by atoms with E-state index in [9.17, 15) is 0 Å². The van der Waals surface area contributed by atoms with Gasteiger partial charge in [0.2, 0.25) is 0 Å². The summed E-state index contributed by atoms with van der Waals surface area (Å²) in [4.78, 5) is 1.19. The lowest BCUT2D eigenvalue weighted by Gasteiger charge is -2.16. The van der Waals surface area contributed by atoms with Gasteiger partial charge in [-0.2, -0.15) is 0 Å². The Hall–Kier alpha value is -0.670. The Kier molecular flexibility index (Phi) is 4.84. The number of hydrogen-bond donors (Lipinski definition) is 1. The van der Waals surface area contributed by atoms with Crippen molar-refractivity contribution in [3.63, 3.8) is 0 Å². The molecule has 1 aromatic carbocycles. The van der Waals surface area contributed by atoms with Crippen molar-refractivity contribution in [2.45, 2.75) is 17.9 Å². The number of benzene rings is 1. The number of ether oxygens (including phenoxy) is 1. The summed E-state index contributed by atoms with van der Waals surface area (Å²) in [5, 5.41) is 3.09. The lowest BCUT2D eigenvalue weighted by atomic mass is 10.3. The minimum Gasteiger partial charge on any atom is -0.488 e. The van der Waals surface area contributed by atoms with Gasteiger partial charge in [-0.3, -0.25) is 0 Å². The molecule has 1 unspecified atom stereocenters. The zero-order valence-electron chi connectivity index (χ0n) is 8.91. The van der Waals surface area contributed by atoms with E-state index in [1.54, 1.807) is 11.8 Å². The predicted molar refractivity (Wildman–Crippen MR) is 62.2 cm³/mol. The first kappa shape index (κ1) is 11.4. The fourth-order valence-electron chi connectivity index (χ4n) is 1.26. The quantitative estimate of drug-likeness (QED) is 0.756. The predicted octanol–water partition coefficient (Wildman–Crippen LogP) is 2.40. The maximum Gasteiger partial charge on any atom is 0.133 e. The summed E-state index contributed by atoms with van der Waals surface area (Å²) in [6.07, 6.45) is 2.26. The molecule has 1 atom stereocenters. The van der Waals surface area contributed by atoms with Gasteiger partial charge in [0, 0.05) is 11.4 Å². The molecule has 14 heavy (non-hydrogen) atoms. The van der Waals surface area contributed by atoms with Crippen molar-refractivity contribution >= 4 is 11.8 Å². The topological polar surface area (TPSA) is 21.3 Å². The number of para-hydroxylation sites is 1. The maximum atomic E-state index is 5.79. The van der Waals surface area contributed by atoms with Crippen molar-refractivity contribution in [3.8, 4) is 5.75 Å². The van der Waals surface area contributed by atoms with E-state index >= 15 is 0 Å². The first-order valence-corrected chi connectivity index (χ1v) is 5.94. The molecule has 0 heterocycles. The molecule has 0 aliphatic carbocycles. The van der Waals surface area contributed by atoms with Crippen LogP contribution in [0, 0.1) is 0 Å². The average Bonchev–Trinajstić information content (AvgIpc) is 2.19. The Balaban J connectivity index is 2.65. The minimum absolute atomic E-state index is 0.202. The van der Waals surface area contributed by atoms with Crippen LogP contribution in [-0.2, 0) is 0 Å². The van der Waals surface area contributed by atoms with Gasteiger partial charge >= 0.3 is 0 Å². The van der Waals surface area contributed by atoms with E-state index in [4.69, 9.17) is 4.74 Å². The molecule has 2 nitrogen and oxygen atoms in total. The van der Waals surface area contributed by atoms with Crippen LogP contribution in [0.1, 0.15) is 6.92 Å². The van der Waals surface area contributed by atoms with Crippen LogP contribution in [0.25, 0.3) is 0 Å². The Morgan fingerprint density at radius 2 is 2.14 bits per heavy atom. The SMILES string of the molecule is CNCC(C)Oc1ccccc1SC. The summed E-state index contributed by atoms with van der Waals surface area (Å²) in [5.41, 5.74) is 0. The molecule has 0 spiro atoms. The fraction of sp³-hybridized carbons (Fsp3) is 0.455. The lowest BCUT2D eigenvalue weighted by molar-refractivity contribution is 0.215. The van der Waals surface area contributed by atoms with Crippen LogP contribution < -0.4 is 10.1 Å². The second kappa shape index (κ2) is 5.94. The van der Waals surface area contributed by atoms with Crippen molar-refractivity contribution in [2.75, 3.05) is 19.8 Å². The molecule has 78 valence electrons. The van der Waals surface area contributed by atoms with Crippen molar-refractivity contribution in [3.05, 3.63) is 24.3 Å². The van der Waals surface area contributed by atoms with E-state index < -0.39 is 0 Å². The van der Waals surface area contributed by atoms with E-state index in [0.29, 0.717) is 0 Å². The molecule has 0 bridgehead atoms. The van der Waals surface area contributed by atoms with Gasteiger partial charge in [0.05, 0.1) is 0 Å². The summed E-state index contributed by atoms with van der Waals surface area (Å²) in [5.74, 6) is 0.975. The first-order chi connectivity index (χ1) is 6.77. The van der Waals surface area contributed by atoms with Gasteiger partial charge in [0.25, 0.3) is 0 Å². The highest BCUT2D eigenvalue weighted by atomic mass is 32.2. The Bertz CT molecular complexity index is 278. The molecule has 1 aromatic rings. The summed E-state index contributed by atoms with van der Waals surface area (Å²) in [6.45, 7) is 2.93. The highest BCUT2D eigenvalue weighted by Crippen LogP contribution is 2.27. The summed E-state index contributed by atoms with van der Waals surface area (Å²) in [6, 6.07) is 8.12. The molecule has 0 radical (unpaired) electrons. The second-order valence-electron chi connectivity index (χ2n) is 3.14. The zero-order chi connectivity index (χ0) is 10.4. The summed E-state index contributed by atoms with van der Waals surface area (Å²) in [7, 11) is 1.93. The van der Waals surface area contributed by atoms with E-state index in [-0.39, 0.29) is 6.10 Å². The van der Waals surface area contributed by atoms with Crippen molar-refractivity contribution in [1.82, 2.24) is 5.32 Å². The highest BCUT2D eigenvalue weighted by molar-refractivity contribution is 7.98. The normalized spacial score (nSPS) is 12.5. The van der Waals surface area contributed by atoms with E-state index in [0.717, 1.165) is 12.3 Å². The van der Waals surface area contributed by atoms with Gasteiger partial charge in [-0.05, 0) is 32.4 Å². The standard InChI is InChI=1S/C11H17NOS/c1-9(8-12-2)13-10-6-4-5-7-11(10)14-3/h4-7,9,12H,8H2,1-3H3. The molecule has 0 amide bonds. The molecular formula is C11H17NOS. The molecule has 0 aliphatic rings. The molecule has 3 heteroatoms. The van der Waals surface area contributed by atoms with Crippen LogP contribution in [0.15, 0.2) is 29.2 Å². The van der Waals surface area contributed by atoms with Crippen molar-refractivity contribution in [2.24, 2.45) is 0 Å². The molecule has 0 aliphatic heterocycles. The number of thioether (sulfide) groups is 1. The smallest absolute Gasteiger partial charge is 0.133 e. The number of nitrogens with one attached hydrogen (secondary N) is 1. The Morgan fingerprint density at radius 1 is 1.43 bits per heavy atom. The molecule has 0 saturated carbocycles. The van der Waals surface area contributed by atoms with E-state index in [1.807, 2.05) is 25.2 Å². The largest absolute Gasteiger partial charge is 0.488 e. The van der Waals surface area contributed by atoms with Gasteiger partial charge in [-0.15, -0.1) is 11.8 Å². The van der Waals surface area contributed by atoms with Crippen LogP contribution in [0.4, 0.5) is 0 Å². The fourth-order valence-corrected chi connectivity index (χ4v) is 1.79. The van der Waals surface area contributed by atoms with Gasteiger partial charge in [0.1, 0.15) is 11.9 Å². The third-order valence-electron chi connectivity index (χ3n) is 1.89. The summed E-state index contributed by atoms with van der Waals surface area (Å²) >= 11 is 1.71. The van der Waals surface area contributed by atoms with E-state index in [2.05, 4.69) is 24.6 Å². The van der Waals surface area contributed by atoms with Gasteiger partial charge in [-0.25, -0.2) is 0 Å². The molecular weight excluding hydrogens is 194 g/mol. The van der Waals surface area contributed by atoms with Crippen molar-refractivity contribution < 1.29 is 4.74 Å². The summed E-state index contributed by atoms with van der Waals surface area (Å²) < 4.78 is 5.79. The van der Waals surface area contributed by atoms with E-state index in [1.165, 1.54) is 4.90 Å². The Morgan fingerprint density at radius 3 is 2.79 bits per heavy atom. The van der Waals surface area contributed by atoms with Gasteiger partial charge in [0.15, 0.2) is 0 Å². The third kappa shape index (κ3) is 3.24. The van der Waals surface area contributed by atoms with Gasteiger partial charge in [-0.1, -0.05) is 12.1 Å². The highest BCUT2D eigenvalue weighted by Gasteiger charge is 2.05. The molecule has 0 aromatic heterocycles. The first-order valence-electron chi connectivity index (χ1n) is 4.72. The van der Waals surface area contributed by atoms with Crippen LogP contribution >= 0.6 is 11.8 Å². The number of rotatable bonds is 5.